The molecular formula is C44H73N11O12. The zero-order valence-corrected chi connectivity index (χ0v) is 39.9. The SMILES string of the molecule is CCOCc1nc2c(N)nc3ccccc3c2n1CC(C)(C)OC(=O)NCCNC(=O)C(CCCCN)NC(=O)C(NC(=O)COCCOCCOCCOCCOCC(=O)NNC)C(C)C. The number of fused-ring (bicyclic) bond motifs is 3. The largest absolute Gasteiger partial charge is 0.442 e. The monoisotopic (exact) mass is 948 g/mol. The van der Waals surface area contributed by atoms with Gasteiger partial charge in [-0.05, 0) is 58.6 Å². The molecule has 0 fully saturated rings. The van der Waals surface area contributed by atoms with E-state index in [1.807, 2.05) is 35.8 Å². The fourth-order valence-electron chi connectivity index (χ4n) is 6.61. The number of aromatic nitrogens is 3. The number of benzene rings is 1. The van der Waals surface area contributed by atoms with Gasteiger partial charge in [-0.15, -0.1) is 0 Å². The number of rotatable bonds is 35. The van der Waals surface area contributed by atoms with Crippen molar-refractivity contribution in [2.24, 2.45) is 11.7 Å². The van der Waals surface area contributed by atoms with Crippen LogP contribution >= 0.6 is 0 Å². The normalized spacial score (nSPS) is 12.5. The molecule has 3 rings (SSSR count). The van der Waals surface area contributed by atoms with Gasteiger partial charge in [0.25, 0.3) is 5.91 Å². The van der Waals surface area contributed by atoms with E-state index in [0.717, 1.165) is 10.9 Å². The lowest BCUT2D eigenvalue weighted by Crippen LogP contribution is -2.56. The van der Waals surface area contributed by atoms with Crippen molar-refractivity contribution in [3.05, 3.63) is 30.1 Å². The molecule has 10 N–H and O–H groups in total. The second-order valence-corrected chi connectivity index (χ2v) is 16.2. The molecule has 0 aliphatic carbocycles. The molecule has 0 spiro atoms. The number of nitrogens with two attached hydrogens (primary N) is 2. The second-order valence-electron chi connectivity index (χ2n) is 16.2. The molecule has 5 amide bonds. The number of nitrogen functional groups attached to an aromatic ring is 1. The number of nitrogens with one attached hydrogen (secondary N) is 6. The van der Waals surface area contributed by atoms with Crippen LogP contribution in [-0.4, -0.2) is 161 Å². The molecule has 0 radical (unpaired) electrons. The van der Waals surface area contributed by atoms with E-state index in [4.69, 9.17) is 49.6 Å². The summed E-state index contributed by atoms with van der Waals surface area (Å²) < 4.78 is 40.4. The Labute approximate surface area is 392 Å². The average molecular weight is 948 g/mol. The van der Waals surface area contributed by atoms with Crippen LogP contribution in [0.25, 0.3) is 21.9 Å². The molecule has 0 aliphatic rings. The van der Waals surface area contributed by atoms with Gasteiger partial charge in [0.1, 0.15) is 48.8 Å². The number of ether oxygens (including phenoxy) is 7. The van der Waals surface area contributed by atoms with Crippen LogP contribution in [0, 0.1) is 5.92 Å². The minimum absolute atomic E-state index is 0.0405. The summed E-state index contributed by atoms with van der Waals surface area (Å²) in [6, 6.07) is 5.73. The molecular weight excluding hydrogens is 875 g/mol. The van der Waals surface area contributed by atoms with Gasteiger partial charge >= 0.3 is 6.09 Å². The Hall–Kier alpha value is -5.27. The molecule has 2 heterocycles. The highest BCUT2D eigenvalue weighted by Gasteiger charge is 2.30. The topological polar surface area (TPSA) is 305 Å². The number of pyridine rings is 1. The first-order chi connectivity index (χ1) is 32.2. The van der Waals surface area contributed by atoms with Crippen molar-refractivity contribution in [3.63, 3.8) is 0 Å². The maximum Gasteiger partial charge on any atom is 0.407 e. The van der Waals surface area contributed by atoms with E-state index in [1.165, 1.54) is 0 Å². The summed E-state index contributed by atoms with van der Waals surface area (Å²) in [4.78, 5) is 73.2. The van der Waals surface area contributed by atoms with E-state index in [9.17, 15) is 24.0 Å². The number of para-hydroxylation sites is 1. The zero-order chi connectivity index (χ0) is 49.0. The summed E-state index contributed by atoms with van der Waals surface area (Å²) in [5.41, 5.74) is 17.9. The number of amides is 5. The Morgan fingerprint density at radius 3 is 2.00 bits per heavy atom. The number of carbonyl (C=O) groups is 5. The molecule has 2 atom stereocenters. The quantitative estimate of drug-likeness (QED) is 0.0293. The number of carbonyl (C=O) groups excluding carboxylic acids is 5. The molecule has 23 heteroatoms. The third-order valence-electron chi connectivity index (χ3n) is 9.79. The minimum Gasteiger partial charge on any atom is -0.442 e. The van der Waals surface area contributed by atoms with E-state index < -0.39 is 41.5 Å². The number of hydrogen-bond acceptors (Lipinski definition) is 17. The molecule has 67 heavy (non-hydrogen) atoms. The Morgan fingerprint density at radius 1 is 0.776 bits per heavy atom. The van der Waals surface area contributed by atoms with E-state index in [2.05, 4.69) is 37.1 Å². The Bertz CT molecular complexity index is 1980. The molecule has 376 valence electrons. The summed E-state index contributed by atoms with van der Waals surface area (Å²) in [6.45, 7) is 12.4. The number of anilines is 1. The molecule has 2 unspecified atom stereocenters. The first-order valence-corrected chi connectivity index (χ1v) is 22.7. The Morgan fingerprint density at radius 2 is 1.39 bits per heavy atom. The van der Waals surface area contributed by atoms with Crippen molar-refractivity contribution >= 4 is 57.5 Å². The highest BCUT2D eigenvalue weighted by molar-refractivity contribution is 6.06. The molecule has 0 bridgehead atoms. The highest BCUT2D eigenvalue weighted by Crippen LogP contribution is 2.31. The van der Waals surface area contributed by atoms with Crippen molar-refractivity contribution in [1.82, 2.24) is 46.7 Å². The van der Waals surface area contributed by atoms with Crippen molar-refractivity contribution in [1.29, 1.82) is 0 Å². The predicted octanol–water partition coefficient (Wildman–Crippen LogP) is 0.412. The van der Waals surface area contributed by atoms with Crippen LogP contribution < -0.4 is 43.6 Å². The van der Waals surface area contributed by atoms with Gasteiger partial charge < -0.3 is 70.5 Å². The summed E-state index contributed by atoms with van der Waals surface area (Å²) in [5.74, 6) is -1.19. The molecule has 23 nitrogen and oxygen atoms in total. The molecule has 2 aromatic heterocycles. The molecule has 0 saturated heterocycles. The van der Waals surface area contributed by atoms with Gasteiger partial charge in [-0.1, -0.05) is 32.0 Å². The number of unbranched alkanes of at least 4 members (excludes halogenated alkanes) is 1. The third-order valence-corrected chi connectivity index (χ3v) is 9.79. The maximum absolute atomic E-state index is 13.5. The van der Waals surface area contributed by atoms with Crippen LogP contribution in [0.3, 0.4) is 0 Å². The molecule has 0 saturated carbocycles. The second kappa shape index (κ2) is 30.9. The highest BCUT2D eigenvalue weighted by atomic mass is 16.6. The molecule has 3 aromatic rings. The van der Waals surface area contributed by atoms with Crippen molar-refractivity contribution in [2.75, 3.05) is 105 Å². The van der Waals surface area contributed by atoms with Gasteiger partial charge in [-0.2, -0.15) is 0 Å². The number of nitrogens with zero attached hydrogens (tertiary/aromatic N) is 3. The maximum atomic E-state index is 13.5. The zero-order valence-electron chi connectivity index (χ0n) is 39.9. The van der Waals surface area contributed by atoms with Crippen molar-refractivity contribution in [3.8, 4) is 0 Å². The average Bonchev–Trinajstić information content (AvgIpc) is 3.64. The van der Waals surface area contributed by atoms with Crippen LogP contribution in [0.4, 0.5) is 10.6 Å². The van der Waals surface area contributed by atoms with Gasteiger partial charge in [0.05, 0.1) is 70.4 Å². The first kappa shape index (κ1) is 56.1. The summed E-state index contributed by atoms with van der Waals surface area (Å²) in [5, 5.41) is 11.8. The van der Waals surface area contributed by atoms with Crippen LogP contribution in [0.1, 0.15) is 59.7 Å². The number of imidazole rings is 1. The first-order valence-electron chi connectivity index (χ1n) is 22.7. The lowest BCUT2D eigenvalue weighted by Gasteiger charge is -2.27. The van der Waals surface area contributed by atoms with Crippen LogP contribution in [0.5, 0.6) is 0 Å². The Balaban J connectivity index is 1.40. The standard InChI is InChI=1S/C44H73N11O12/c1-7-61-26-34-52-38-39(31-12-8-9-13-32(31)50-40(38)46)55(34)29-44(4,5)67-43(60)49-17-16-48-41(58)33(14-10-11-15-45)51-42(59)37(30(2)3)53-35(56)27-65-24-22-63-20-18-62-19-21-64-23-25-66-28-36(57)54-47-6/h8-9,12-13,30,33,37,47H,7,10-11,14-29,45H2,1-6H3,(H2,46,50)(H,48,58)(H,49,60)(H,51,59)(H,53,56)(H,54,57). The van der Waals surface area contributed by atoms with E-state index in [-0.39, 0.29) is 76.9 Å². The summed E-state index contributed by atoms with van der Waals surface area (Å²) in [7, 11) is 1.59. The minimum atomic E-state index is -1.02. The van der Waals surface area contributed by atoms with Crippen LogP contribution in [0.2, 0.25) is 0 Å². The number of alkyl carbamates (subject to hydrolysis) is 1. The van der Waals surface area contributed by atoms with Gasteiger partial charge in [0.15, 0.2) is 5.82 Å². The van der Waals surface area contributed by atoms with Gasteiger partial charge in [-0.25, -0.2) is 20.2 Å². The number of hydrazine groups is 1. The van der Waals surface area contributed by atoms with Crippen LogP contribution in [-0.2, 0) is 65.5 Å². The molecule has 0 aliphatic heterocycles. The summed E-state index contributed by atoms with van der Waals surface area (Å²) in [6.07, 6.45) is 0.813. The Kier molecular flexibility index (Phi) is 25.9. The fraction of sp³-hybridized carbons (Fsp3) is 0.659. The lowest BCUT2D eigenvalue weighted by molar-refractivity contribution is -0.134. The fourth-order valence-corrected chi connectivity index (χ4v) is 6.61. The molecule has 1 aromatic carbocycles. The number of hydrogen-bond donors (Lipinski definition) is 8. The predicted molar refractivity (Wildman–Crippen MR) is 249 cm³/mol. The smallest absolute Gasteiger partial charge is 0.407 e. The van der Waals surface area contributed by atoms with E-state index >= 15 is 0 Å². The lowest BCUT2D eigenvalue weighted by atomic mass is 10.0. The van der Waals surface area contributed by atoms with Gasteiger partial charge in [0, 0.05) is 32.1 Å². The van der Waals surface area contributed by atoms with Gasteiger partial charge in [0.2, 0.25) is 17.7 Å². The van der Waals surface area contributed by atoms with E-state index in [1.54, 1.807) is 34.7 Å². The van der Waals surface area contributed by atoms with Crippen LogP contribution in [0.15, 0.2) is 24.3 Å². The van der Waals surface area contributed by atoms with Crippen molar-refractivity contribution in [2.45, 2.75) is 84.7 Å². The summed E-state index contributed by atoms with van der Waals surface area (Å²) >= 11 is 0. The van der Waals surface area contributed by atoms with E-state index in [0.29, 0.717) is 82.3 Å². The van der Waals surface area contributed by atoms with Gasteiger partial charge in [-0.3, -0.25) is 24.6 Å². The van der Waals surface area contributed by atoms with Crippen molar-refractivity contribution < 1.29 is 57.1 Å². The third kappa shape index (κ3) is 20.6.